The van der Waals surface area contributed by atoms with Gasteiger partial charge in [-0.2, -0.15) is 5.10 Å². The van der Waals surface area contributed by atoms with Crippen molar-refractivity contribution in [2.75, 3.05) is 16.9 Å². The summed E-state index contributed by atoms with van der Waals surface area (Å²) in [4.78, 5) is 0. The molecule has 19 heavy (non-hydrogen) atoms. The summed E-state index contributed by atoms with van der Waals surface area (Å²) in [6.45, 7) is 0.643. The van der Waals surface area contributed by atoms with Gasteiger partial charge in [0.25, 0.3) is 0 Å². The zero-order chi connectivity index (χ0) is 12.8. The molecule has 5 nitrogen and oxygen atoms in total. The van der Waals surface area contributed by atoms with Crippen LogP contribution in [0, 0.1) is 0 Å². The van der Waals surface area contributed by atoms with E-state index in [1.807, 2.05) is 35.3 Å². The van der Waals surface area contributed by atoms with Crippen molar-refractivity contribution >= 4 is 17.1 Å². The molecule has 0 atom stereocenters. The van der Waals surface area contributed by atoms with E-state index < -0.39 is 0 Å². The van der Waals surface area contributed by atoms with Gasteiger partial charge in [-0.25, -0.2) is 10.5 Å². The average Bonchev–Trinajstić information content (AvgIpc) is 2.46. The van der Waals surface area contributed by atoms with Gasteiger partial charge in [-0.05, 0) is 24.3 Å². The second-order valence-electron chi connectivity index (χ2n) is 4.54. The van der Waals surface area contributed by atoms with E-state index in [9.17, 15) is 5.11 Å². The Kier molecular flexibility index (Phi) is 1.97. The molecule has 5 heteroatoms. The molecule has 2 aliphatic heterocycles. The molecule has 2 heterocycles. The van der Waals surface area contributed by atoms with Crippen molar-refractivity contribution in [2.45, 2.75) is 0 Å². The number of fused-ring (bicyclic) bond motifs is 4. The number of para-hydroxylation sites is 2. The molecule has 94 valence electrons. The number of hydrogen-bond donors (Lipinski definition) is 3. The van der Waals surface area contributed by atoms with Crippen molar-refractivity contribution in [1.29, 1.82) is 0 Å². The van der Waals surface area contributed by atoms with Crippen molar-refractivity contribution in [1.82, 2.24) is 5.53 Å². The Balaban J connectivity index is 2.04. The molecule has 0 fully saturated rings. The van der Waals surface area contributed by atoms with Crippen LogP contribution in [-0.2, 0) is 0 Å². The van der Waals surface area contributed by atoms with Crippen LogP contribution in [0.3, 0.4) is 0 Å². The topological polar surface area (TPSA) is 59.9 Å². The predicted octanol–water partition coefficient (Wildman–Crippen LogP) is 0.485. The van der Waals surface area contributed by atoms with Crippen LogP contribution < -0.4 is 26.4 Å². The zero-order valence-electron chi connectivity index (χ0n) is 10.1. The summed E-state index contributed by atoms with van der Waals surface area (Å²) in [5, 5.41) is 21.2. The number of rotatable bonds is 0. The van der Waals surface area contributed by atoms with Crippen LogP contribution in [0.5, 0.6) is 5.75 Å². The van der Waals surface area contributed by atoms with E-state index in [0.29, 0.717) is 6.54 Å². The Hall–Kier alpha value is -2.69. The van der Waals surface area contributed by atoms with Crippen LogP contribution in [0.4, 0.5) is 11.4 Å². The van der Waals surface area contributed by atoms with Gasteiger partial charge in [0, 0.05) is 0 Å². The first-order chi connectivity index (χ1) is 9.34. The maximum Gasteiger partial charge on any atom is 0.126 e. The summed E-state index contributed by atoms with van der Waals surface area (Å²) in [5.41, 5.74) is 6.05. The first-order valence-corrected chi connectivity index (χ1v) is 6.12. The Labute approximate surface area is 109 Å². The lowest BCUT2D eigenvalue weighted by atomic mass is 10.1. The summed E-state index contributed by atoms with van der Waals surface area (Å²) in [7, 11) is 0. The van der Waals surface area contributed by atoms with Gasteiger partial charge >= 0.3 is 0 Å². The van der Waals surface area contributed by atoms with E-state index in [1.54, 1.807) is 12.1 Å². The summed E-state index contributed by atoms with van der Waals surface area (Å²) in [5.74, 6) is 0.254. The third-order valence-corrected chi connectivity index (χ3v) is 3.44. The van der Waals surface area contributed by atoms with E-state index >= 15 is 0 Å². The van der Waals surface area contributed by atoms with Gasteiger partial charge in [0.1, 0.15) is 5.75 Å². The Bertz CT molecular complexity index is 784. The number of nitrogens with zero attached hydrogens (tertiary/aromatic N) is 2. The Morgan fingerprint density at radius 1 is 1.11 bits per heavy atom. The minimum absolute atomic E-state index is 0.254. The quantitative estimate of drug-likeness (QED) is 0.638. The van der Waals surface area contributed by atoms with Gasteiger partial charge in [-0.15, -0.1) is 0 Å². The molecule has 2 aromatic rings. The van der Waals surface area contributed by atoms with Crippen LogP contribution >= 0.6 is 0 Å². The fourth-order valence-electron chi connectivity index (χ4n) is 2.56. The average molecular weight is 252 g/mol. The summed E-state index contributed by atoms with van der Waals surface area (Å²) in [6, 6.07) is 13.4. The number of anilines is 2. The van der Waals surface area contributed by atoms with Gasteiger partial charge in [-0.3, -0.25) is 0 Å². The molecular weight excluding hydrogens is 240 g/mol. The molecule has 0 unspecified atom stereocenters. The van der Waals surface area contributed by atoms with E-state index in [1.165, 1.54) is 0 Å². The van der Waals surface area contributed by atoms with Crippen LogP contribution in [0.25, 0.3) is 5.70 Å². The lowest BCUT2D eigenvalue weighted by Crippen LogP contribution is -2.50. The maximum atomic E-state index is 10.1. The fourth-order valence-corrected chi connectivity index (χ4v) is 2.56. The van der Waals surface area contributed by atoms with Crippen LogP contribution in [0.2, 0.25) is 0 Å². The molecule has 3 N–H and O–H groups in total. The van der Waals surface area contributed by atoms with Crippen molar-refractivity contribution in [2.24, 2.45) is 5.10 Å². The molecule has 0 radical (unpaired) electrons. The van der Waals surface area contributed by atoms with Crippen molar-refractivity contribution in [3.05, 3.63) is 53.0 Å². The normalized spacial score (nSPS) is 15.4. The largest absolute Gasteiger partial charge is 0.507 e. The van der Waals surface area contributed by atoms with E-state index in [0.717, 1.165) is 27.6 Å². The second kappa shape index (κ2) is 3.65. The van der Waals surface area contributed by atoms with E-state index in [-0.39, 0.29) is 5.75 Å². The monoisotopic (exact) mass is 252 g/mol. The summed E-state index contributed by atoms with van der Waals surface area (Å²) in [6.07, 6.45) is 0. The van der Waals surface area contributed by atoms with E-state index in [2.05, 4.69) is 16.0 Å². The van der Waals surface area contributed by atoms with Gasteiger partial charge in [0.2, 0.25) is 0 Å². The molecule has 4 rings (SSSR count). The molecule has 0 aliphatic carbocycles. The van der Waals surface area contributed by atoms with Crippen molar-refractivity contribution < 1.29 is 5.11 Å². The minimum atomic E-state index is 0.254. The smallest absolute Gasteiger partial charge is 0.126 e. The Morgan fingerprint density at radius 2 is 2.00 bits per heavy atom. The lowest BCUT2D eigenvalue weighted by molar-refractivity contribution is 0.467. The van der Waals surface area contributed by atoms with Crippen molar-refractivity contribution in [3.63, 3.8) is 0 Å². The van der Waals surface area contributed by atoms with Gasteiger partial charge in [0.05, 0.1) is 34.2 Å². The molecule has 2 aromatic carbocycles. The van der Waals surface area contributed by atoms with Crippen LogP contribution in [0.15, 0.2) is 47.6 Å². The number of hydrogen-bond acceptors (Lipinski definition) is 5. The van der Waals surface area contributed by atoms with Crippen molar-refractivity contribution in [3.8, 4) is 5.75 Å². The molecule has 0 spiro atoms. The minimum Gasteiger partial charge on any atom is -0.507 e. The highest BCUT2D eigenvalue weighted by molar-refractivity contribution is 5.84. The number of phenols is 1. The number of hydrazine groups is 1. The highest BCUT2D eigenvalue weighted by atomic mass is 16.3. The molecular formula is C14H12N4O. The number of aromatic hydroxyl groups is 1. The van der Waals surface area contributed by atoms with Crippen LogP contribution in [0.1, 0.15) is 0 Å². The molecule has 2 aliphatic rings. The third kappa shape index (κ3) is 1.38. The van der Waals surface area contributed by atoms with E-state index in [4.69, 9.17) is 0 Å². The molecule has 0 saturated carbocycles. The predicted molar refractivity (Wildman–Crippen MR) is 72.8 cm³/mol. The number of benzene rings is 2. The molecule has 0 amide bonds. The molecule has 0 aromatic heterocycles. The van der Waals surface area contributed by atoms with Gasteiger partial charge in [0.15, 0.2) is 0 Å². The second-order valence-corrected chi connectivity index (χ2v) is 4.54. The first kappa shape index (κ1) is 10.3. The lowest BCUT2D eigenvalue weighted by Gasteiger charge is -2.34. The molecule has 0 bridgehead atoms. The number of phenolic OH excluding ortho intramolecular Hbond substituents is 1. The standard InChI is InChI=1S/C14H12N4O/c19-13-7-3-5-10-14(13)12-8-15-9-4-1-2-6-11(9)18(12)17-16-10/h1-7,15,17,19H,8H2. The van der Waals surface area contributed by atoms with Gasteiger partial charge in [-0.1, -0.05) is 18.2 Å². The summed E-state index contributed by atoms with van der Waals surface area (Å²) < 4.78 is 0. The Morgan fingerprint density at radius 3 is 2.95 bits per heavy atom. The number of nitrogens with one attached hydrogen (secondary N) is 2. The molecule has 0 saturated heterocycles. The van der Waals surface area contributed by atoms with Gasteiger partial charge < -0.3 is 10.4 Å². The highest BCUT2D eigenvalue weighted by Crippen LogP contribution is 2.31. The first-order valence-electron chi connectivity index (χ1n) is 6.12. The fraction of sp³-hybridized carbons (Fsp3) is 0.0714. The zero-order valence-corrected chi connectivity index (χ0v) is 10.1. The van der Waals surface area contributed by atoms with Crippen LogP contribution in [-0.4, -0.2) is 11.7 Å². The maximum absolute atomic E-state index is 10.1. The summed E-state index contributed by atoms with van der Waals surface area (Å²) >= 11 is 0. The SMILES string of the molecule is Oc1cccc2c1=C1CNc3ccccc3N1NN=2. The third-order valence-electron chi connectivity index (χ3n) is 3.44. The highest BCUT2D eigenvalue weighted by Gasteiger charge is 2.24.